The number of nitrogens with zero attached hydrogens (tertiary/aromatic N) is 3. The normalized spacial score (nSPS) is 9.76. The molecule has 1 aromatic heterocycles. The van der Waals surface area contributed by atoms with Gasteiger partial charge in [0.05, 0.1) is 12.8 Å². The number of isocyanates is 1. The third kappa shape index (κ3) is 2.24. The summed E-state index contributed by atoms with van der Waals surface area (Å²) in [7, 11) is 3.42. The summed E-state index contributed by atoms with van der Waals surface area (Å²) in [5.74, 6) is 1.15. The average molecular weight is 229 g/mol. The summed E-state index contributed by atoms with van der Waals surface area (Å²) in [6, 6.07) is 9.30. The fraction of sp³-hybridized carbons (Fsp3) is 0.167. The van der Waals surface area contributed by atoms with E-state index in [0.29, 0.717) is 5.82 Å². The monoisotopic (exact) mass is 229 g/mol. The highest BCUT2D eigenvalue weighted by molar-refractivity contribution is 5.64. The second kappa shape index (κ2) is 4.63. The van der Waals surface area contributed by atoms with E-state index in [0.717, 1.165) is 17.0 Å². The first-order valence-corrected chi connectivity index (χ1v) is 5.01. The van der Waals surface area contributed by atoms with Crippen molar-refractivity contribution in [2.24, 2.45) is 12.0 Å². The molecule has 0 bridgehead atoms. The van der Waals surface area contributed by atoms with Gasteiger partial charge in [-0.05, 0) is 24.3 Å². The van der Waals surface area contributed by atoms with E-state index in [1.165, 1.54) is 6.08 Å². The van der Waals surface area contributed by atoms with Crippen LogP contribution in [0.15, 0.2) is 35.3 Å². The van der Waals surface area contributed by atoms with Crippen molar-refractivity contribution < 1.29 is 9.53 Å². The zero-order chi connectivity index (χ0) is 12.3. The van der Waals surface area contributed by atoms with E-state index in [-0.39, 0.29) is 0 Å². The van der Waals surface area contributed by atoms with Crippen LogP contribution in [-0.4, -0.2) is 23.0 Å². The Balaban J connectivity index is 2.41. The molecule has 1 aromatic carbocycles. The number of aryl methyl sites for hydroxylation is 1. The van der Waals surface area contributed by atoms with Crippen molar-refractivity contribution in [1.29, 1.82) is 0 Å². The van der Waals surface area contributed by atoms with Crippen molar-refractivity contribution in [3.8, 4) is 17.0 Å². The zero-order valence-electron chi connectivity index (χ0n) is 9.54. The smallest absolute Gasteiger partial charge is 0.242 e. The molecule has 0 aliphatic heterocycles. The van der Waals surface area contributed by atoms with Crippen molar-refractivity contribution in [1.82, 2.24) is 9.78 Å². The Bertz CT molecular complexity index is 566. The average Bonchev–Trinajstić information content (AvgIpc) is 2.71. The molecule has 17 heavy (non-hydrogen) atoms. The van der Waals surface area contributed by atoms with Gasteiger partial charge >= 0.3 is 0 Å². The Morgan fingerprint density at radius 1 is 1.35 bits per heavy atom. The topological polar surface area (TPSA) is 56.5 Å². The van der Waals surface area contributed by atoms with Crippen LogP contribution in [0.2, 0.25) is 0 Å². The molecule has 5 heteroatoms. The molecule has 0 saturated carbocycles. The fourth-order valence-electron chi connectivity index (χ4n) is 1.59. The molecule has 0 radical (unpaired) electrons. The van der Waals surface area contributed by atoms with Crippen LogP contribution in [0.1, 0.15) is 0 Å². The Labute approximate surface area is 98.4 Å². The largest absolute Gasteiger partial charge is 0.497 e. The lowest BCUT2D eigenvalue weighted by Gasteiger charge is -2.03. The number of hydrogen-bond donors (Lipinski definition) is 0. The van der Waals surface area contributed by atoms with E-state index in [2.05, 4.69) is 10.1 Å². The van der Waals surface area contributed by atoms with Gasteiger partial charge in [-0.15, -0.1) is 4.99 Å². The number of aromatic nitrogens is 2. The van der Waals surface area contributed by atoms with Gasteiger partial charge in [0.15, 0.2) is 5.82 Å². The molecule has 0 unspecified atom stereocenters. The van der Waals surface area contributed by atoms with E-state index < -0.39 is 0 Å². The van der Waals surface area contributed by atoms with Gasteiger partial charge in [0, 0.05) is 18.7 Å². The minimum atomic E-state index is 0.355. The highest BCUT2D eigenvalue weighted by atomic mass is 16.5. The van der Waals surface area contributed by atoms with Crippen LogP contribution in [0.3, 0.4) is 0 Å². The zero-order valence-corrected chi connectivity index (χ0v) is 9.54. The van der Waals surface area contributed by atoms with Gasteiger partial charge in [-0.2, -0.15) is 5.10 Å². The maximum atomic E-state index is 10.2. The van der Waals surface area contributed by atoms with Crippen LogP contribution < -0.4 is 4.74 Å². The van der Waals surface area contributed by atoms with E-state index in [1.54, 1.807) is 24.9 Å². The van der Waals surface area contributed by atoms with Crippen LogP contribution >= 0.6 is 0 Å². The van der Waals surface area contributed by atoms with E-state index in [9.17, 15) is 4.79 Å². The summed E-state index contributed by atoms with van der Waals surface area (Å²) < 4.78 is 6.75. The van der Waals surface area contributed by atoms with Crippen molar-refractivity contribution >= 4 is 11.9 Å². The van der Waals surface area contributed by atoms with Gasteiger partial charge in [0.2, 0.25) is 6.08 Å². The predicted octanol–water partition coefficient (Wildman–Crippen LogP) is 2.06. The molecule has 2 rings (SSSR count). The molecule has 0 spiro atoms. The molecule has 0 atom stereocenters. The summed E-state index contributed by atoms with van der Waals surface area (Å²) in [4.78, 5) is 13.6. The molecule has 0 saturated heterocycles. The molecule has 0 amide bonds. The molecule has 0 N–H and O–H groups in total. The highest BCUT2D eigenvalue weighted by Crippen LogP contribution is 2.24. The van der Waals surface area contributed by atoms with E-state index >= 15 is 0 Å². The van der Waals surface area contributed by atoms with Crippen LogP contribution in [0.5, 0.6) is 5.75 Å². The lowest BCUT2D eigenvalue weighted by Crippen LogP contribution is -1.93. The number of methoxy groups -OCH3 is 1. The van der Waals surface area contributed by atoms with Gasteiger partial charge in [-0.1, -0.05) is 0 Å². The lowest BCUT2D eigenvalue weighted by molar-refractivity contribution is 0.415. The fourth-order valence-corrected chi connectivity index (χ4v) is 1.59. The van der Waals surface area contributed by atoms with E-state index in [1.807, 2.05) is 24.3 Å². The van der Waals surface area contributed by atoms with Crippen molar-refractivity contribution in [3.63, 3.8) is 0 Å². The van der Waals surface area contributed by atoms with Gasteiger partial charge in [-0.25, -0.2) is 4.79 Å². The second-order valence-electron chi connectivity index (χ2n) is 3.44. The molecule has 0 aliphatic carbocycles. The van der Waals surface area contributed by atoms with Crippen LogP contribution in [0.25, 0.3) is 11.3 Å². The predicted molar refractivity (Wildman–Crippen MR) is 63.0 cm³/mol. The SMILES string of the molecule is COc1ccc(-c2cc(N=C=O)nn2C)cc1. The van der Waals surface area contributed by atoms with Gasteiger partial charge in [0.25, 0.3) is 0 Å². The molecule has 2 aromatic rings. The van der Waals surface area contributed by atoms with Gasteiger partial charge in [0.1, 0.15) is 5.75 Å². The van der Waals surface area contributed by atoms with Crippen LogP contribution in [-0.2, 0) is 11.8 Å². The standard InChI is InChI=1S/C12H11N3O2/c1-15-11(7-12(14-15)13-8-16)9-3-5-10(17-2)6-4-9/h3-7H,1-2H3. The first-order chi connectivity index (χ1) is 8.24. The minimum Gasteiger partial charge on any atom is -0.497 e. The molecule has 0 fully saturated rings. The quantitative estimate of drug-likeness (QED) is 0.598. The Morgan fingerprint density at radius 2 is 2.06 bits per heavy atom. The number of hydrogen-bond acceptors (Lipinski definition) is 4. The molecule has 0 aliphatic rings. The van der Waals surface area contributed by atoms with Gasteiger partial charge in [-0.3, -0.25) is 4.68 Å². The third-order valence-electron chi connectivity index (χ3n) is 2.41. The molecule has 86 valence electrons. The Kier molecular flexibility index (Phi) is 3.03. The highest BCUT2D eigenvalue weighted by Gasteiger charge is 2.06. The number of aliphatic imine (C=N–C) groups is 1. The number of ether oxygens (including phenoxy) is 1. The molecule has 1 heterocycles. The molecule has 5 nitrogen and oxygen atoms in total. The third-order valence-corrected chi connectivity index (χ3v) is 2.41. The van der Waals surface area contributed by atoms with Crippen molar-refractivity contribution in [2.45, 2.75) is 0 Å². The summed E-state index contributed by atoms with van der Waals surface area (Å²) in [5.41, 5.74) is 1.86. The second-order valence-corrected chi connectivity index (χ2v) is 3.44. The molecular formula is C12H11N3O2. The maximum Gasteiger partial charge on any atom is 0.242 e. The lowest BCUT2D eigenvalue weighted by atomic mass is 10.1. The van der Waals surface area contributed by atoms with Gasteiger partial charge < -0.3 is 4.74 Å². The maximum absolute atomic E-state index is 10.2. The first kappa shape index (κ1) is 11.1. The Morgan fingerprint density at radius 3 is 2.65 bits per heavy atom. The van der Waals surface area contributed by atoms with Crippen LogP contribution in [0.4, 0.5) is 5.82 Å². The summed E-state index contributed by atoms with van der Waals surface area (Å²) >= 11 is 0. The number of benzene rings is 1. The molecular weight excluding hydrogens is 218 g/mol. The van der Waals surface area contributed by atoms with Crippen molar-refractivity contribution in [3.05, 3.63) is 30.3 Å². The number of carbonyl (C=O) groups excluding carboxylic acids is 1. The Hall–Kier alpha value is -2.39. The summed E-state index contributed by atoms with van der Waals surface area (Å²) in [6.45, 7) is 0. The van der Waals surface area contributed by atoms with Crippen LogP contribution in [0, 0.1) is 0 Å². The number of rotatable bonds is 3. The minimum absolute atomic E-state index is 0.355. The van der Waals surface area contributed by atoms with Crippen molar-refractivity contribution in [2.75, 3.05) is 7.11 Å². The first-order valence-electron chi connectivity index (χ1n) is 5.01. The summed E-state index contributed by atoms with van der Waals surface area (Å²) in [6.07, 6.45) is 1.47. The summed E-state index contributed by atoms with van der Waals surface area (Å²) in [5, 5.41) is 4.08. The van der Waals surface area contributed by atoms with E-state index in [4.69, 9.17) is 4.74 Å².